The van der Waals surface area contributed by atoms with E-state index in [9.17, 15) is 0 Å². The molecule has 0 atom stereocenters. The van der Waals surface area contributed by atoms with Gasteiger partial charge in [0, 0.05) is 12.2 Å². The van der Waals surface area contributed by atoms with E-state index >= 15 is 0 Å². The summed E-state index contributed by atoms with van der Waals surface area (Å²) in [7, 11) is 0. The molecule has 10 heavy (non-hydrogen) atoms. The Balaban J connectivity index is 2.84. The maximum atomic E-state index is 6.94. The van der Waals surface area contributed by atoms with Gasteiger partial charge in [0.2, 0.25) is 0 Å². The van der Waals surface area contributed by atoms with Crippen molar-refractivity contribution < 1.29 is 0 Å². The van der Waals surface area contributed by atoms with E-state index in [1.54, 1.807) is 0 Å². The summed E-state index contributed by atoms with van der Waals surface area (Å²) in [5.41, 5.74) is 5.18. The number of unbranched alkanes of at least 4 members (excludes halogenated alkanes) is 1. The van der Waals surface area contributed by atoms with Gasteiger partial charge in [0.15, 0.2) is 0 Å². The molecule has 60 valence electrons. The summed E-state index contributed by atoms with van der Waals surface area (Å²) in [5.74, 6) is 2.53. The van der Waals surface area contributed by atoms with Gasteiger partial charge in [-0.2, -0.15) is 11.8 Å². The average molecular weight is 160 g/mol. The fourth-order valence-electron chi connectivity index (χ4n) is 0.531. The molecule has 0 bridgehead atoms. The third-order valence-electron chi connectivity index (χ3n) is 1.16. The summed E-state index contributed by atoms with van der Waals surface area (Å²) in [5, 5.41) is 6.94. The highest BCUT2D eigenvalue weighted by molar-refractivity contribution is 7.99. The number of nitrogens with one attached hydrogen (secondary N) is 1. The zero-order valence-electron chi connectivity index (χ0n) is 6.52. The molecule has 0 heterocycles. The Morgan fingerprint density at radius 1 is 1.50 bits per heavy atom. The zero-order chi connectivity index (χ0) is 7.82. The van der Waals surface area contributed by atoms with Crippen LogP contribution in [-0.2, 0) is 0 Å². The first-order valence-corrected chi connectivity index (χ1v) is 4.83. The van der Waals surface area contributed by atoms with Crippen LogP contribution in [0.15, 0.2) is 0 Å². The normalized spacial score (nSPS) is 9.70. The maximum absolute atomic E-state index is 6.94. The Labute approximate surface area is 67.1 Å². The van der Waals surface area contributed by atoms with E-state index in [4.69, 9.17) is 11.1 Å². The second kappa shape index (κ2) is 6.93. The molecule has 2 nitrogen and oxygen atoms in total. The number of rotatable bonds is 6. The molecule has 0 aliphatic rings. The van der Waals surface area contributed by atoms with Gasteiger partial charge in [-0.25, -0.2) is 0 Å². The molecule has 0 fully saturated rings. The Hall–Kier alpha value is -0.180. The first-order valence-electron chi connectivity index (χ1n) is 3.68. The predicted octanol–water partition coefficient (Wildman–Crippen LogP) is 1.85. The van der Waals surface area contributed by atoms with Crippen molar-refractivity contribution in [2.75, 3.05) is 11.5 Å². The molecule has 3 heteroatoms. The zero-order valence-corrected chi connectivity index (χ0v) is 7.34. The van der Waals surface area contributed by atoms with Gasteiger partial charge >= 0.3 is 0 Å². The lowest BCUT2D eigenvalue weighted by molar-refractivity contribution is 0.896. The van der Waals surface area contributed by atoms with Crippen LogP contribution < -0.4 is 5.73 Å². The minimum Gasteiger partial charge on any atom is -0.388 e. The second-order valence-electron chi connectivity index (χ2n) is 2.24. The van der Waals surface area contributed by atoms with E-state index in [2.05, 4.69) is 6.92 Å². The van der Waals surface area contributed by atoms with Crippen LogP contribution in [-0.4, -0.2) is 17.3 Å². The molecule has 0 spiro atoms. The highest BCUT2D eigenvalue weighted by Gasteiger charge is 1.90. The van der Waals surface area contributed by atoms with Crippen molar-refractivity contribution >= 4 is 17.6 Å². The highest BCUT2D eigenvalue weighted by atomic mass is 32.2. The minimum atomic E-state index is 0.309. The molecule has 0 aliphatic heterocycles. The number of amidine groups is 1. The topological polar surface area (TPSA) is 49.9 Å². The third-order valence-corrected chi connectivity index (χ3v) is 2.23. The molecule has 3 N–H and O–H groups in total. The van der Waals surface area contributed by atoms with Crippen molar-refractivity contribution in [1.82, 2.24) is 0 Å². The lowest BCUT2D eigenvalue weighted by Gasteiger charge is -1.97. The first-order chi connectivity index (χ1) is 4.77. The lowest BCUT2D eigenvalue weighted by Crippen LogP contribution is -2.09. The lowest BCUT2D eigenvalue weighted by atomic mass is 10.4. The van der Waals surface area contributed by atoms with E-state index in [1.807, 2.05) is 11.8 Å². The van der Waals surface area contributed by atoms with Gasteiger partial charge in [0.05, 0.1) is 5.84 Å². The van der Waals surface area contributed by atoms with Crippen LogP contribution in [0.2, 0.25) is 0 Å². The van der Waals surface area contributed by atoms with Crippen LogP contribution in [0.4, 0.5) is 0 Å². The first kappa shape index (κ1) is 9.82. The Kier molecular flexibility index (Phi) is 6.81. The van der Waals surface area contributed by atoms with Crippen LogP contribution in [0, 0.1) is 5.41 Å². The van der Waals surface area contributed by atoms with Crippen LogP contribution in [0.25, 0.3) is 0 Å². The summed E-state index contributed by atoms with van der Waals surface area (Å²) < 4.78 is 0. The number of thioether (sulfide) groups is 1. The fourth-order valence-corrected chi connectivity index (χ4v) is 1.59. The third kappa shape index (κ3) is 7.82. The minimum absolute atomic E-state index is 0.309. The van der Waals surface area contributed by atoms with Gasteiger partial charge < -0.3 is 5.73 Å². The Morgan fingerprint density at radius 2 is 2.20 bits per heavy atom. The van der Waals surface area contributed by atoms with Crippen LogP contribution in [0.5, 0.6) is 0 Å². The number of hydrogen-bond acceptors (Lipinski definition) is 2. The standard InChI is InChI=1S/C7H16N2S/c1-2-3-5-10-6-4-7(8)9/h2-6H2,1H3,(H3,8,9). The molecule has 0 saturated heterocycles. The molecule has 0 aliphatic carbocycles. The smallest absolute Gasteiger partial charge is 0.0913 e. The van der Waals surface area contributed by atoms with Crippen molar-refractivity contribution in [2.24, 2.45) is 5.73 Å². The molecule has 0 radical (unpaired) electrons. The van der Waals surface area contributed by atoms with Crippen molar-refractivity contribution in [3.8, 4) is 0 Å². The van der Waals surface area contributed by atoms with E-state index < -0.39 is 0 Å². The summed E-state index contributed by atoms with van der Waals surface area (Å²) in [6, 6.07) is 0. The molecule has 0 aromatic carbocycles. The largest absolute Gasteiger partial charge is 0.388 e. The quantitative estimate of drug-likeness (QED) is 0.354. The molecule has 0 unspecified atom stereocenters. The summed E-state index contributed by atoms with van der Waals surface area (Å²) in [6.45, 7) is 2.19. The fraction of sp³-hybridized carbons (Fsp3) is 0.857. The van der Waals surface area contributed by atoms with Gasteiger partial charge in [-0.1, -0.05) is 13.3 Å². The molecule has 0 rings (SSSR count). The van der Waals surface area contributed by atoms with Crippen LogP contribution >= 0.6 is 11.8 Å². The van der Waals surface area contributed by atoms with Gasteiger partial charge in [0.1, 0.15) is 0 Å². The van der Waals surface area contributed by atoms with Crippen molar-refractivity contribution in [1.29, 1.82) is 5.41 Å². The molecular formula is C7H16N2S. The van der Waals surface area contributed by atoms with Crippen molar-refractivity contribution in [3.05, 3.63) is 0 Å². The molecule has 0 aromatic heterocycles. The Bertz CT molecular complexity index is 93.6. The van der Waals surface area contributed by atoms with E-state index in [0.717, 1.165) is 12.2 Å². The van der Waals surface area contributed by atoms with Gasteiger partial charge in [-0.15, -0.1) is 0 Å². The van der Waals surface area contributed by atoms with Gasteiger partial charge in [-0.3, -0.25) is 5.41 Å². The van der Waals surface area contributed by atoms with Gasteiger partial charge in [0.25, 0.3) is 0 Å². The average Bonchev–Trinajstić information content (AvgIpc) is 1.87. The SMILES string of the molecule is CCCCSCCC(=N)N. The van der Waals surface area contributed by atoms with E-state index in [0.29, 0.717) is 5.84 Å². The van der Waals surface area contributed by atoms with E-state index in [-0.39, 0.29) is 0 Å². The summed E-state index contributed by atoms with van der Waals surface area (Å²) >= 11 is 1.89. The Morgan fingerprint density at radius 3 is 2.70 bits per heavy atom. The number of hydrogen-bond donors (Lipinski definition) is 2. The van der Waals surface area contributed by atoms with Crippen molar-refractivity contribution in [3.63, 3.8) is 0 Å². The van der Waals surface area contributed by atoms with Crippen LogP contribution in [0.1, 0.15) is 26.2 Å². The monoisotopic (exact) mass is 160 g/mol. The molecule has 0 amide bonds. The molecule has 0 aromatic rings. The second-order valence-corrected chi connectivity index (χ2v) is 3.47. The summed E-state index contributed by atoms with van der Waals surface area (Å²) in [6.07, 6.45) is 3.28. The van der Waals surface area contributed by atoms with E-state index in [1.165, 1.54) is 18.6 Å². The highest BCUT2D eigenvalue weighted by Crippen LogP contribution is 2.05. The molecule has 0 saturated carbocycles. The maximum Gasteiger partial charge on any atom is 0.0913 e. The number of nitrogens with two attached hydrogens (primary N) is 1. The van der Waals surface area contributed by atoms with Crippen molar-refractivity contribution in [2.45, 2.75) is 26.2 Å². The van der Waals surface area contributed by atoms with Crippen LogP contribution in [0.3, 0.4) is 0 Å². The van der Waals surface area contributed by atoms with Gasteiger partial charge in [-0.05, 0) is 12.2 Å². The summed E-state index contributed by atoms with van der Waals surface area (Å²) in [4.78, 5) is 0. The predicted molar refractivity (Wildman–Crippen MR) is 48.8 cm³/mol. The molecular weight excluding hydrogens is 144 g/mol.